The molecule has 0 aromatic heterocycles. The molecule has 0 aliphatic carbocycles. The molecule has 0 aliphatic rings. The maximum absolute atomic E-state index is 10.8. The highest BCUT2D eigenvalue weighted by Crippen LogP contribution is 2.28. The molecule has 0 radical (unpaired) electrons. The van der Waals surface area contributed by atoms with Crippen LogP contribution in [-0.4, -0.2) is 16.0 Å². The molecule has 0 atom stereocenters. The summed E-state index contributed by atoms with van der Waals surface area (Å²) in [5.74, 6) is -0.470. The number of carboxylic acids is 1. The van der Waals surface area contributed by atoms with Gasteiger partial charge in [-0.1, -0.05) is 17.7 Å². The fourth-order valence-corrected chi connectivity index (χ4v) is 2.85. The summed E-state index contributed by atoms with van der Waals surface area (Å²) in [6.07, 6.45) is 0. The van der Waals surface area contributed by atoms with Crippen LogP contribution in [0, 0.1) is 10.1 Å². The number of benzene rings is 2. The predicted molar refractivity (Wildman–Crippen MR) is 81.1 cm³/mol. The lowest BCUT2D eigenvalue weighted by Gasteiger charge is -2.05. The number of hydrogen-bond acceptors (Lipinski definition) is 4. The van der Waals surface area contributed by atoms with E-state index >= 15 is 0 Å². The Balaban J connectivity index is 2.06. The van der Waals surface area contributed by atoms with Crippen molar-refractivity contribution in [1.82, 2.24) is 0 Å². The Morgan fingerprint density at radius 1 is 1.24 bits per heavy atom. The maximum atomic E-state index is 10.8. The highest BCUT2D eigenvalue weighted by molar-refractivity contribution is 7.98. The first kappa shape index (κ1) is 15.3. The predicted octanol–water partition coefficient (Wildman–Crippen LogP) is 4.24. The summed E-state index contributed by atoms with van der Waals surface area (Å²) in [7, 11) is 0. The van der Waals surface area contributed by atoms with Crippen molar-refractivity contribution in [3.8, 4) is 0 Å². The lowest BCUT2D eigenvalue weighted by Crippen LogP contribution is -1.96. The van der Waals surface area contributed by atoms with Gasteiger partial charge in [0, 0.05) is 27.8 Å². The third kappa shape index (κ3) is 3.96. The lowest BCUT2D eigenvalue weighted by atomic mass is 10.1. The molecule has 0 bridgehead atoms. The Labute approximate surface area is 129 Å². The van der Waals surface area contributed by atoms with Gasteiger partial charge in [0.2, 0.25) is 0 Å². The third-order valence-corrected chi connectivity index (χ3v) is 4.15. The molecule has 0 saturated heterocycles. The molecule has 0 saturated carbocycles. The van der Waals surface area contributed by atoms with Crippen LogP contribution in [0.1, 0.15) is 15.9 Å². The average molecular weight is 324 g/mol. The molecule has 7 heteroatoms. The van der Waals surface area contributed by atoms with Gasteiger partial charge in [-0.25, -0.2) is 4.79 Å². The minimum Gasteiger partial charge on any atom is -0.478 e. The second kappa shape index (κ2) is 6.60. The number of aromatic carboxylic acids is 1. The Morgan fingerprint density at radius 3 is 2.43 bits per heavy atom. The number of carboxylic acid groups (broad SMARTS) is 1. The largest absolute Gasteiger partial charge is 0.478 e. The summed E-state index contributed by atoms with van der Waals surface area (Å²) in [6.45, 7) is 0. The van der Waals surface area contributed by atoms with Gasteiger partial charge >= 0.3 is 5.97 Å². The molecule has 5 nitrogen and oxygen atoms in total. The van der Waals surface area contributed by atoms with Crippen molar-refractivity contribution < 1.29 is 14.8 Å². The zero-order chi connectivity index (χ0) is 15.4. The van der Waals surface area contributed by atoms with Crippen molar-refractivity contribution >= 4 is 35.0 Å². The molecule has 0 aliphatic heterocycles. The second-order valence-corrected chi connectivity index (χ2v) is 5.61. The summed E-state index contributed by atoms with van der Waals surface area (Å²) in [5.41, 5.74) is 0.997. The highest BCUT2D eigenvalue weighted by Gasteiger charge is 2.08. The molecule has 1 N–H and O–H groups in total. The van der Waals surface area contributed by atoms with E-state index in [0.29, 0.717) is 10.8 Å². The summed E-state index contributed by atoms with van der Waals surface area (Å²) >= 11 is 7.51. The molecule has 2 aromatic carbocycles. The average Bonchev–Trinajstić information content (AvgIpc) is 2.46. The Bertz CT molecular complexity index is 688. The fraction of sp³-hybridized carbons (Fsp3) is 0.0714. The zero-order valence-electron chi connectivity index (χ0n) is 10.7. The first-order valence-corrected chi connectivity index (χ1v) is 7.22. The smallest absolute Gasteiger partial charge is 0.335 e. The number of nitro benzene ring substituents is 1. The van der Waals surface area contributed by atoms with Crippen molar-refractivity contribution in [2.45, 2.75) is 10.6 Å². The summed E-state index contributed by atoms with van der Waals surface area (Å²) in [6, 6.07) is 10.8. The van der Waals surface area contributed by atoms with Crippen molar-refractivity contribution in [3.05, 3.63) is 68.7 Å². The van der Waals surface area contributed by atoms with E-state index in [1.807, 2.05) is 0 Å². The Kier molecular flexibility index (Phi) is 4.82. The number of non-ortho nitro benzene ring substituents is 1. The number of rotatable bonds is 5. The van der Waals surface area contributed by atoms with Crippen molar-refractivity contribution in [1.29, 1.82) is 0 Å². The van der Waals surface area contributed by atoms with E-state index in [1.54, 1.807) is 18.2 Å². The number of halogens is 1. The Morgan fingerprint density at radius 2 is 1.90 bits per heavy atom. The lowest BCUT2D eigenvalue weighted by molar-refractivity contribution is -0.384. The van der Waals surface area contributed by atoms with Crippen LogP contribution in [0.3, 0.4) is 0 Å². The van der Waals surface area contributed by atoms with Crippen LogP contribution in [-0.2, 0) is 5.75 Å². The molecule has 21 heavy (non-hydrogen) atoms. The van der Waals surface area contributed by atoms with Gasteiger partial charge in [-0.2, -0.15) is 0 Å². The number of thioether (sulfide) groups is 1. The van der Waals surface area contributed by atoms with Gasteiger partial charge in [0.1, 0.15) is 0 Å². The van der Waals surface area contributed by atoms with E-state index in [0.717, 1.165) is 10.5 Å². The van der Waals surface area contributed by atoms with Crippen LogP contribution in [0.4, 0.5) is 5.69 Å². The Hall–Kier alpha value is -2.05. The van der Waals surface area contributed by atoms with E-state index in [1.165, 1.54) is 36.0 Å². The monoisotopic (exact) mass is 323 g/mol. The molecular formula is C14H10ClNO4S. The van der Waals surface area contributed by atoms with E-state index < -0.39 is 10.9 Å². The van der Waals surface area contributed by atoms with Gasteiger partial charge in [-0.3, -0.25) is 10.1 Å². The molecule has 0 unspecified atom stereocenters. The molecule has 0 amide bonds. The SMILES string of the molecule is O=C(O)c1ccc(CSc2ccc([N+](=O)[O-])cc2)c(Cl)c1. The van der Waals surface area contributed by atoms with E-state index in [9.17, 15) is 14.9 Å². The van der Waals surface area contributed by atoms with Crippen LogP contribution in [0.25, 0.3) is 0 Å². The molecule has 2 aromatic rings. The first-order chi connectivity index (χ1) is 9.97. The standard InChI is InChI=1S/C14H10ClNO4S/c15-13-7-9(14(17)18)1-2-10(13)8-21-12-5-3-11(4-6-12)16(19)20/h1-7H,8H2,(H,17,18). The summed E-state index contributed by atoms with van der Waals surface area (Å²) in [4.78, 5) is 21.8. The number of hydrogen-bond donors (Lipinski definition) is 1. The molecule has 0 heterocycles. The summed E-state index contributed by atoms with van der Waals surface area (Å²) < 4.78 is 0. The molecule has 108 valence electrons. The quantitative estimate of drug-likeness (QED) is 0.505. The van der Waals surface area contributed by atoms with Gasteiger partial charge in [0.05, 0.1) is 10.5 Å². The minimum absolute atomic E-state index is 0.0446. The van der Waals surface area contributed by atoms with Crippen LogP contribution < -0.4 is 0 Å². The highest BCUT2D eigenvalue weighted by atomic mass is 35.5. The van der Waals surface area contributed by atoms with E-state index in [-0.39, 0.29) is 11.3 Å². The van der Waals surface area contributed by atoms with Gasteiger partial charge in [0.15, 0.2) is 0 Å². The van der Waals surface area contributed by atoms with Crippen LogP contribution in [0.5, 0.6) is 0 Å². The molecular weight excluding hydrogens is 314 g/mol. The molecule has 0 spiro atoms. The van der Waals surface area contributed by atoms with Crippen molar-refractivity contribution in [2.75, 3.05) is 0 Å². The van der Waals surface area contributed by atoms with Crippen LogP contribution >= 0.6 is 23.4 Å². The second-order valence-electron chi connectivity index (χ2n) is 4.15. The van der Waals surface area contributed by atoms with E-state index in [2.05, 4.69) is 0 Å². The van der Waals surface area contributed by atoms with Gasteiger partial charge in [-0.05, 0) is 29.8 Å². The fourth-order valence-electron chi connectivity index (χ4n) is 1.62. The topological polar surface area (TPSA) is 80.4 Å². The van der Waals surface area contributed by atoms with Crippen molar-refractivity contribution in [2.24, 2.45) is 0 Å². The first-order valence-electron chi connectivity index (χ1n) is 5.86. The van der Waals surface area contributed by atoms with Crippen LogP contribution in [0.2, 0.25) is 5.02 Å². The normalized spacial score (nSPS) is 10.3. The number of nitrogens with zero attached hydrogens (tertiary/aromatic N) is 1. The summed E-state index contributed by atoms with van der Waals surface area (Å²) in [5, 5.41) is 19.8. The minimum atomic E-state index is -1.02. The zero-order valence-corrected chi connectivity index (χ0v) is 12.2. The van der Waals surface area contributed by atoms with Crippen molar-refractivity contribution in [3.63, 3.8) is 0 Å². The number of nitro groups is 1. The van der Waals surface area contributed by atoms with E-state index in [4.69, 9.17) is 16.7 Å². The van der Waals surface area contributed by atoms with Crippen LogP contribution in [0.15, 0.2) is 47.4 Å². The van der Waals surface area contributed by atoms with Gasteiger partial charge < -0.3 is 5.11 Å². The van der Waals surface area contributed by atoms with Gasteiger partial charge in [0.25, 0.3) is 5.69 Å². The number of carbonyl (C=O) groups is 1. The van der Waals surface area contributed by atoms with Gasteiger partial charge in [-0.15, -0.1) is 11.8 Å². The third-order valence-electron chi connectivity index (χ3n) is 2.74. The molecule has 0 fully saturated rings. The molecule has 2 rings (SSSR count). The maximum Gasteiger partial charge on any atom is 0.335 e.